The number of aromatic nitrogens is 1. The van der Waals surface area contributed by atoms with Crippen molar-refractivity contribution in [2.24, 2.45) is 0 Å². The lowest BCUT2D eigenvalue weighted by Crippen LogP contribution is -2.38. The molecule has 24 heavy (non-hydrogen) atoms. The van der Waals surface area contributed by atoms with Crippen molar-refractivity contribution in [3.8, 4) is 11.3 Å². The van der Waals surface area contributed by atoms with Gasteiger partial charge in [0, 0.05) is 29.8 Å². The Morgan fingerprint density at radius 1 is 1.33 bits per heavy atom. The zero-order chi connectivity index (χ0) is 16.9. The normalized spacial score (nSPS) is 14.2. The number of carbonyl (C=O) groups is 2. The molecule has 0 aliphatic carbocycles. The Hall–Kier alpha value is -1.86. The van der Waals surface area contributed by atoms with Crippen molar-refractivity contribution < 1.29 is 9.59 Å². The van der Waals surface area contributed by atoms with Crippen LogP contribution >= 0.6 is 23.1 Å². The summed E-state index contributed by atoms with van der Waals surface area (Å²) in [4.78, 5) is 29.4. The molecule has 1 N–H and O–H groups in total. The van der Waals surface area contributed by atoms with Gasteiger partial charge in [-0.3, -0.25) is 9.59 Å². The number of hydrogen-bond donors (Lipinski definition) is 1. The highest BCUT2D eigenvalue weighted by Gasteiger charge is 2.22. The van der Waals surface area contributed by atoms with Crippen LogP contribution in [0.15, 0.2) is 29.6 Å². The first-order valence-corrected chi connectivity index (χ1v) is 9.68. The number of thiazole rings is 1. The molecule has 1 aromatic carbocycles. The van der Waals surface area contributed by atoms with E-state index in [1.54, 1.807) is 16.2 Å². The minimum atomic E-state index is -0.0968. The van der Waals surface area contributed by atoms with Gasteiger partial charge in [0.15, 0.2) is 0 Å². The molecule has 7 heteroatoms. The Balaban J connectivity index is 1.45. The average molecular weight is 361 g/mol. The topological polar surface area (TPSA) is 62.3 Å². The zero-order valence-electron chi connectivity index (χ0n) is 13.4. The van der Waals surface area contributed by atoms with Gasteiger partial charge >= 0.3 is 0 Å². The molecule has 0 unspecified atom stereocenters. The maximum Gasteiger partial charge on any atom is 0.282 e. The number of carbonyl (C=O) groups excluding carboxylic acids is 2. The summed E-state index contributed by atoms with van der Waals surface area (Å²) < 4.78 is 0. The van der Waals surface area contributed by atoms with Crippen molar-refractivity contribution >= 4 is 34.2 Å². The molecule has 3 rings (SSSR count). The molecule has 1 aliphatic rings. The Morgan fingerprint density at radius 2 is 2.12 bits per heavy atom. The summed E-state index contributed by atoms with van der Waals surface area (Å²) in [5.74, 6) is 0.678. The number of hydrogen-bond acceptors (Lipinski definition) is 5. The first-order valence-electron chi connectivity index (χ1n) is 7.81. The maximum atomic E-state index is 11.9. The predicted molar refractivity (Wildman–Crippen MR) is 98.4 cm³/mol. The third-order valence-corrected chi connectivity index (χ3v) is 5.45. The third-order valence-electron chi connectivity index (χ3n) is 3.78. The Bertz CT molecular complexity index is 728. The van der Waals surface area contributed by atoms with E-state index >= 15 is 0 Å². The van der Waals surface area contributed by atoms with Crippen molar-refractivity contribution in [2.75, 3.05) is 25.4 Å². The van der Waals surface area contributed by atoms with Crippen LogP contribution in [0.2, 0.25) is 0 Å². The zero-order valence-corrected chi connectivity index (χ0v) is 15.1. The highest BCUT2D eigenvalue weighted by molar-refractivity contribution is 8.13. The smallest absolute Gasteiger partial charge is 0.282 e. The number of nitrogens with zero attached hydrogens (tertiary/aromatic N) is 2. The molecule has 0 radical (unpaired) electrons. The van der Waals surface area contributed by atoms with Crippen LogP contribution < -0.4 is 5.32 Å². The molecule has 5 nitrogen and oxygen atoms in total. The molecule has 0 spiro atoms. The molecule has 2 aromatic rings. The summed E-state index contributed by atoms with van der Waals surface area (Å²) in [7, 11) is 0. The van der Waals surface area contributed by atoms with Crippen LogP contribution in [0.3, 0.4) is 0 Å². The van der Waals surface area contributed by atoms with E-state index < -0.39 is 0 Å². The molecule has 126 valence electrons. The second-order valence-electron chi connectivity index (χ2n) is 5.58. The Labute approximate surface area is 149 Å². The summed E-state index contributed by atoms with van der Waals surface area (Å²) >= 11 is 2.92. The number of aryl methyl sites for hydroxylation is 1. The van der Waals surface area contributed by atoms with E-state index in [0.29, 0.717) is 13.1 Å². The van der Waals surface area contributed by atoms with Crippen LogP contribution in [0.1, 0.15) is 10.6 Å². The fourth-order valence-electron chi connectivity index (χ4n) is 2.48. The molecule has 0 atom stereocenters. The number of rotatable bonds is 6. The molecule has 2 amide bonds. The minimum absolute atomic E-state index is 0.00184. The highest BCUT2D eigenvalue weighted by Crippen LogP contribution is 2.21. The molecular weight excluding hydrogens is 342 g/mol. The molecule has 1 saturated heterocycles. The summed E-state index contributed by atoms with van der Waals surface area (Å²) in [6.07, 6.45) is 0.769. The number of nitrogens with one attached hydrogen (secondary N) is 1. The van der Waals surface area contributed by atoms with Gasteiger partial charge in [0.2, 0.25) is 5.91 Å². The summed E-state index contributed by atoms with van der Waals surface area (Å²) in [5, 5.41) is 5.99. The van der Waals surface area contributed by atoms with Crippen LogP contribution in [-0.2, 0) is 11.2 Å². The molecule has 2 heterocycles. The molecule has 1 aromatic heterocycles. The maximum absolute atomic E-state index is 11.9. The van der Waals surface area contributed by atoms with Crippen molar-refractivity contribution in [1.29, 1.82) is 0 Å². The second-order valence-corrected chi connectivity index (χ2v) is 7.69. The van der Waals surface area contributed by atoms with Gasteiger partial charge in [-0.2, -0.15) is 0 Å². The van der Waals surface area contributed by atoms with Gasteiger partial charge in [-0.25, -0.2) is 4.98 Å². The first-order chi connectivity index (χ1) is 11.6. The van der Waals surface area contributed by atoms with E-state index in [1.165, 1.54) is 17.3 Å². The quantitative estimate of drug-likeness (QED) is 0.859. The minimum Gasteiger partial charge on any atom is -0.354 e. The Morgan fingerprint density at radius 3 is 2.75 bits per heavy atom. The van der Waals surface area contributed by atoms with Crippen molar-refractivity contribution in [3.63, 3.8) is 0 Å². The lowest BCUT2D eigenvalue weighted by molar-refractivity contribution is -0.121. The van der Waals surface area contributed by atoms with Crippen LogP contribution in [0.25, 0.3) is 11.3 Å². The molecule has 0 bridgehead atoms. The van der Waals surface area contributed by atoms with E-state index in [9.17, 15) is 9.59 Å². The van der Waals surface area contributed by atoms with Crippen LogP contribution in [-0.4, -0.2) is 46.4 Å². The van der Waals surface area contributed by atoms with E-state index in [1.807, 2.05) is 6.92 Å². The SMILES string of the molecule is Cc1nc(-c2ccc(CCNC(=O)CN3CCSC3=O)cc2)cs1. The van der Waals surface area contributed by atoms with Gasteiger partial charge < -0.3 is 10.2 Å². The van der Waals surface area contributed by atoms with Gasteiger partial charge in [0.05, 0.1) is 10.7 Å². The lowest BCUT2D eigenvalue weighted by atomic mass is 10.1. The Kier molecular flexibility index (Phi) is 5.52. The van der Waals surface area contributed by atoms with Gasteiger partial charge in [-0.05, 0) is 18.9 Å². The van der Waals surface area contributed by atoms with Crippen molar-refractivity contribution in [2.45, 2.75) is 13.3 Å². The van der Waals surface area contributed by atoms with Crippen molar-refractivity contribution in [3.05, 3.63) is 40.2 Å². The standard InChI is InChI=1S/C17H19N3O2S2/c1-12-19-15(11-24-12)14-4-2-13(3-5-14)6-7-18-16(21)10-20-8-9-23-17(20)22/h2-5,11H,6-10H2,1H3,(H,18,21). The predicted octanol–water partition coefficient (Wildman–Crippen LogP) is 2.95. The lowest BCUT2D eigenvalue weighted by Gasteiger charge is -2.14. The van der Waals surface area contributed by atoms with E-state index in [2.05, 4.69) is 39.9 Å². The van der Waals surface area contributed by atoms with E-state index in [4.69, 9.17) is 0 Å². The number of amides is 2. The van der Waals surface area contributed by atoms with Crippen LogP contribution in [0, 0.1) is 6.92 Å². The summed E-state index contributed by atoms with van der Waals surface area (Å²) in [6.45, 7) is 3.39. The van der Waals surface area contributed by atoms with E-state index in [-0.39, 0.29) is 17.7 Å². The molecule has 1 aliphatic heterocycles. The third kappa shape index (κ3) is 4.36. The van der Waals surface area contributed by atoms with E-state index in [0.717, 1.165) is 28.4 Å². The number of benzene rings is 1. The molecule has 0 saturated carbocycles. The first kappa shape index (κ1) is 17.0. The van der Waals surface area contributed by atoms with Gasteiger partial charge in [0.1, 0.15) is 6.54 Å². The van der Waals surface area contributed by atoms with Crippen LogP contribution in [0.4, 0.5) is 4.79 Å². The summed E-state index contributed by atoms with van der Waals surface area (Å²) in [5.41, 5.74) is 3.28. The summed E-state index contributed by atoms with van der Waals surface area (Å²) in [6, 6.07) is 8.26. The second kappa shape index (κ2) is 7.81. The monoisotopic (exact) mass is 361 g/mol. The fourth-order valence-corrected chi connectivity index (χ4v) is 3.93. The van der Waals surface area contributed by atoms with Crippen LogP contribution in [0.5, 0.6) is 0 Å². The van der Waals surface area contributed by atoms with Crippen molar-refractivity contribution in [1.82, 2.24) is 15.2 Å². The average Bonchev–Trinajstić information content (AvgIpc) is 3.17. The highest BCUT2D eigenvalue weighted by atomic mass is 32.2. The van der Waals surface area contributed by atoms with Gasteiger partial charge in [0.25, 0.3) is 5.24 Å². The fraction of sp³-hybridized carbons (Fsp3) is 0.353. The molecular formula is C17H19N3O2S2. The van der Waals surface area contributed by atoms with Gasteiger partial charge in [-0.1, -0.05) is 36.0 Å². The largest absolute Gasteiger partial charge is 0.354 e. The molecule has 1 fully saturated rings. The number of thioether (sulfide) groups is 1. The van der Waals surface area contributed by atoms with Gasteiger partial charge in [-0.15, -0.1) is 11.3 Å².